The fraction of sp³-hybridized carbons (Fsp3) is 0.0769. The third-order valence-electron chi connectivity index (χ3n) is 2.40. The zero-order chi connectivity index (χ0) is 15.5. The average molecular weight is 318 g/mol. The Morgan fingerprint density at radius 3 is 2.62 bits per heavy atom. The Labute approximate surface area is 122 Å². The summed E-state index contributed by atoms with van der Waals surface area (Å²) in [6.45, 7) is 0. The quantitative estimate of drug-likeness (QED) is 0.519. The van der Waals surface area contributed by atoms with E-state index in [9.17, 15) is 17.6 Å². The Hall–Kier alpha value is -2.15. The minimum Gasteiger partial charge on any atom is -0.260 e. The maximum Gasteiger partial charge on any atom is 0.417 e. The van der Waals surface area contributed by atoms with Gasteiger partial charge < -0.3 is 0 Å². The van der Waals surface area contributed by atoms with Crippen molar-refractivity contribution in [2.24, 2.45) is 5.10 Å². The summed E-state index contributed by atoms with van der Waals surface area (Å²) in [6.07, 6.45) is -2.58. The second-order valence-electron chi connectivity index (χ2n) is 3.98. The molecule has 21 heavy (non-hydrogen) atoms. The van der Waals surface area contributed by atoms with Crippen molar-refractivity contribution in [2.75, 3.05) is 5.43 Å². The molecule has 1 heterocycles. The van der Waals surface area contributed by atoms with Gasteiger partial charge in [-0.2, -0.15) is 18.3 Å². The van der Waals surface area contributed by atoms with Crippen LogP contribution in [0.1, 0.15) is 11.1 Å². The van der Waals surface area contributed by atoms with Crippen LogP contribution in [0.3, 0.4) is 0 Å². The summed E-state index contributed by atoms with van der Waals surface area (Å²) < 4.78 is 50.2. The standard InChI is InChI=1S/C13H8ClF4N3/c14-11-5-9(13(16,17)18)7-19-12(11)21-20-6-8-2-1-3-10(15)4-8/h1-7H,(H,19,21)/b20-6-. The molecule has 1 N–H and O–H groups in total. The number of hydrogen-bond acceptors (Lipinski definition) is 3. The Bertz CT molecular complexity index is 671. The Kier molecular flexibility index (Phi) is 4.42. The molecule has 1 aromatic heterocycles. The topological polar surface area (TPSA) is 37.3 Å². The van der Waals surface area contributed by atoms with Crippen molar-refractivity contribution in [2.45, 2.75) is 6.18 Å². The van der Waals surface area contributed by atoms with Gasteiger partial charge in [0.1, 0.15) is 5.82 Å². The molecule has 3 nitrogen and oxygen atoms in total. The van der Waals surface area contributed by atoms with Crippen molar-refractivity contribution < 1.29 is 17.6 Å². The molecule has 0 aliphatic rings. The van der Waals surface area contributed by atoms with Crippen LogP contribution in [0, 0.1) is 5.82 Å². The van der Waals surface area contributed by atoms with E-state index in [4.69, 9.17) is 11.6 Å². The number of hydrogen-bond donors (Lipinski definition) is 1. The van der Waals surface area contributed by atoms with Crippen molar-refractivity contribution >= 4 is 23.6 Å². The van der Waals surface area contributed by atoms with Gasteiger partial charge in [0, 0.05) is 6.20 Å². The minimum absolute atomic E-state index is 0.0303. The van der Waals surface area contributed by atoms with E-state index in [2.05, 4.69) is 15.5 Å². The highest BCUT2D eigenvalue weighted by atomic mass is 35.5. The molecule has 0 radical (unpaired) electrons. The zero-order valence-corrected chi connectivity index (χ0v) is 11.1. The van der Waals surface area contributed by atoms with E-state index in [1.165, 1.54) is 24.4 Å². The van der Waals surface area contributed by atoms with Crippen LogP contribution in [0.4, 0.5) is 23.4 Å². The van der Waals surface area contributed by atoms with Gasteiger partial charge >= 0.3 is 6.18 Å². The van der Waals surface area contributed by atoms with E-state index in [1.807, 2.05) is 0 Å². The number of halogens is 5. The van der Waals surface area contributed by atoms with Crippen LogP contribution in [0.2, 0.25) is 5.02 Å². The van der Waals surface area contributed by atoms with Crippen molar-refractivity contribution in [1.29, 1.82) is 0 Å². The van der Waals surface area contributed by atoms with Gasteiger partial charge in [-0.1, -0.05) is 23.7 Å². The molecule has 0 fully saturated rings. The Morgan fingerprint density at radius 2 is 2.00 bits per heavy atom. The van der Waals surface area contributed by atoms with Gasteiger partial charge in [0.15, 0.2) is 5.82 Å². The summed E-state index contributed by atoms with van der Waals surface area (Å²) in [5.41, 5.74) is 1.92. The maximum atomic E-state index is 12.9. The van der Waals surface area contributed by atoms with Crippen LogP contribution in [0.15, 0.2) is 41.6 Å². The highest BCUT2D eigenvalue weighted by Gasteiger charge is 2.31. The second kappa shape index (κ2) is 6.09. The summed E-state index contributed by atoms with van der Waals surface area (Å²) in [4.78, 5) is 3.54. The largest absolute Gasteiger partial charge is 0.417 e. The molecular weight excluding hydrogens is 310 g/mol. The van der Waals surface area contributed by atoms with E-state index >= 15 is 0 Å². The van der Waals surface area contributed by atoms with E-state index in [1.54, 1.807) is 6.07 Å². The van der Waals surface area contributed by atoms with Gasteiger partial charge in [-0.25, -0.2) is 9.37 Å². The lowest BCUT2D eigenvalue weighted by atomic mass is 10.2. The summed E-state index contributed by atoms with van der Waals surface area (Å²) in [5, 5.41) is 3.51. The number of anilines is 1. The number of aromatic nitrogens is 1. The van der Waals surface area contributed by atoms with Gasteiger partial charge in [-0.3, -0.25) is 5.43 Å². The number of rotatable bonds is 3. The predicted molar refractivity (Wildman–Crippen MR) is 71.9 cm³/mol. The Morgan fingerprint density at radius 1 is 1.24 bits per heavy atom. The maximum absolute atomic E-state index is 12.9. The molecule has 0 aliphatic carbocycles. The molecule has 2 aromatic rings. The lowest BCUT2D eigenvalue weighted by Gasteiger charge is -2.08. The molecule has 0 amide bonds. The van der Waals surface area contributed by atoms with Crippen LogP contribution in [-0.4, -0.2) is 11.2 Å². The smallest absolute Gasteiger partial charge is 0.260 e. The van der Waals surface area contributed by atoms with E-state index in [0.717, 1.165) is 6.07 Å². The van der Waals surface area contributed by atoms with Crippen molar-refractivity contribution in [3.63, 3.8) is 0 Å². The van der Waals surface area contributed by atoms with E-state index < -0.39 is 17.6 Å². The van der Waals surface area contributed by atoms with Crippen LogP contribution < -0.4 is 5.43 Å². The summed E-state index contributed by atoms with van der Waals surface area (Å²) in [5.74, 6) is -0.457. The summed E-state index contributed by atoms with van der Waals surface area (Å²) in [6, 6.07) is 6.37. The van der Waals surface area contributed by atoms with Crippen molar-refractivity contribution in [3.05, 3.63) is 58.5 Å². The molecule has 0 bridgehead atoms. The number of alkyl halides is 3. The number of hydrazone groups is 1. The molecule has 0 saturated carbocycles. The minimum atomic E-state index is -4.51. The fourth-order valence-electron chi connectivity index (χ4n) is 1.43. The molecule has 0 atom stereocenters. The Balaban J connectivity index is 2.10. The first-order chi connectivity index (χ1) is 9.86. The lowest BCUT2D eigenvalue weighted by Crippen LogP contribution is -2.06. The van der Waals surface area contributed by atoms with Gasteiger partial charge in [0.05, 0.1) is 16.8 Å². The van der Waals surface area contributed by atoms with Crippen molar-refractivity contribution in [1.82, 2.24) is 4.98 Å². The number of nitrogens with one attached hydrogen (secondary N) is 1. The highest BCUT2D eigenvalue weighted by Crippen LogP contribution is 2.32. The van der Waals surface area contributed by atoms with Gasteiger partial charge in [-0.05, 0) is 23.8 Å². The molecule has 0 aliphatic heterocycles. The molecule has 110 valence electrons. The summed E-state index contributed by atoms with van der Waals surface area (Å²) in [7, 11) is 0. The summed E-state index contributed by atoms with van der Waals surface area (Å²) >= 11 is 5.68. The molecule has 8 heteroatoms. The molecule has 1 aromatic carbocycles. The van der Waals surface area contributed by atoms with Crippen LogP contribution in [-0.2, 0) is 6.18 Å². The fourth-order valence-corrected chi connectivity index (χ4v) is 1.64. The number of nitrogens with zero attached hydrogens (tertiary/aromatic N) is 2. The van der Waals surface area contributed by atoms with Crippen molar-refractivity contribution in [3.8, 4) is 0 Å². The zero-order valence-electron chi connectivity index (χ0n) is 10.3. The highest BCUT2D eigenvalue weighted by molar-refractivity contribution is 6.32. The molecule has 0 saturated heterocycles. The van der Waals surface area contributed by atoms with Crippen LogP contribution in [0.5, 0.6) is 0 Å². The lowest BCUT2D eigenvalue weighted by molar-refractivity contribution is -0.137. The van der Waals surface area contributed by atoms with Gasteiger partial charge in [0.25, 0.3) is 0 Å². The number of benzene rings is 1. The molecule has 2 rings (SSSR count). The molecule has 0 spiro atoms. The van der Waals surface area contributed by atoms with Gasteiger partial charge in [0.2, 0.25) is 0 Å². The predicted octanol–water partition coefficient (Wildman–Crippen LogP) is 4.34. The first-order valence-electron chi connectivity index (χ1n) is 5.63. The molecule has 0 unspecified atom stereocenters. The normalized spacial score (nSPS) is 11.9. The van der Waals surface area contributed by atoms with E-state index in [-0.39, 0.29) is 10.8 Å². The van der Waals surface area contributed by atoms with Gasteiger partial charge in [-0.15, -0.1) is 0 Å². The monoisotopic (exact) mass is 317 g/mol. The number of pyridine rings is 1. The SMILES string of the molecule is Fc1cccc(/C=N\Nc2ncc(C(F)(F)F)cc2Cl)c1. The third-order valence-corrected chi connectivity index (χ3v) is 2.69. The van der Waals surface area contributed by atoms with E-state index in [0.29, 0.717) is 11.8 Å². The molecular formula is C13H8ClF4N3. The van der Waals surface area contributed by atoms with Crippen LogP contribution in [0.25, 0.3) is 0 Å². The third kappa shape index (κ3) is 4.16. The average Bonchev–Trinajstić information content (AvgIpc) is 2.39. The second-order valence-corrected chi connectivity index (χ2v) is 4.38. The van der Waals surface area contributed by atoms with Crippen LogP contribution >= 0.6 is 11.6 Å². The first-order valence-corrected chi connectivity index (χ1v) is 6.01. The first kappa shape index (κ1) is 15.2.